The van der Waals surface area contributed by atoms with E-state index in [4.69, 9.17) is 0 Å². The van der Waals surface area contributed by atoms with Gasteiger partial charge in [-0.2, -0.15) is 29.8 Å². The van der Waals surface area contributed by atoms with Crippen molar-refractivity contribution in [3.63, 3.8) is 0 Å². The fourth-order valence-corrected chi connectivity index (χ4v) is 2.24. The molecule has 0 N–H and O–H groups in total. The van der Waals surface area contributed by atoms with Gasteiger partial charge in [-0.3, -0.25) is 0 Å². The zero-order valence-electron chi connectivity index (χ0n) is 9.43. The average molecular weight is 341 g/mol. The smallest absolute Gasteiger partial charge is 1.00 e. The Labute approximate surface area is 134 Å². The monoisotopic (exact) mass is 339 g/mol. The summed E-state index contributed by atoms with van der Waals surface area (Å²) in [5.74, 6) is 0. The van der Waals surface area contributed by atoms with E-state index in [2.05, 4.69) is 43.3 Å². The Bertz CT molecular complexity index is 509. The SMILES string of the molecule is Cc1cccc2c1Cc1[c-]cccc1-2.[Cl-].[Cl-].[Zr+3]. The third-order valence-corrected chi connectivity index (χ3v) is 3.00. The maximum atomic E-state index is 3.32. The number of hydrogen-bond acceptors (Lipinski definition) is 0. The number of benzene rings is 2. The van der Waals surface area contributed by atoms with Crippen LogP contribution in [0.25, 0.3) is 11.1 Å². The summed E-state index contributed by atoms with van der Waals surface area (Å²) in [4.78, 5) is 0. The second-order valence-electron chi connectivity index (χ2n) is 3.84. The normalized spacial score (nSPS) is 10.2. The first-order valence-electron chi connectivity index (χ1n) is 4.95. The Morgan fingerprint density at radius 2 is 1.71 bits per heavy atom. The number of rotatable bonds is 0. The van der Waals surface area contributed by atoms with Gasteiger partial charge in [-0.25, -0.2) is 0 Å². The Balaban J connectivity index is 0.000000853. The Kier molecular flexibility index (Phi) is 6.70. The summed E-state index contributed by atoms with van der Waals surface area (Å²) in [6.07, 6.45) is 1.05. The fourth-order valence-electron chi connectivity index (χ4n) is 2.24. The molecule has 0 atom stereocenters. The van der Waals surface area contributed by atoms with Gasteiger partial charge in [0.15, 0.2) is 0 Å². The van der Waals surface area contributed by atoms with Crippen LogP contribution in [0.3, 0.4) is 0 Å². The van der Waals surface area contributed by atoms with Gasteiger partial charge >= 0.3 is 26.2 Å². The predicted octanol–water partition coefficient (Wildman–Crippen LogP) is -2.63. The van der Waals surface area contributed by atoms with Gasteiger partial charge in [-0.05, 0) is 24.5 Å². The predicted molar refractivity (Wildman–Crippen MR) is 58.3 cm³/mol. The topological polar surface area (TPSA) is 0 Å². The molecule has 0 saturated carbocycles. The second kappa shape index (κ2) is 6.73. The minimum absolute atomic E-state index is 0. The van der Waals surface area contributed by atoms with Crippen LogP contribution in [0.5, 0.6) is 0 Å². The molecule has 0 saturated heterocycles. The van der Waals surface area contributed by atoms with Crippen molar-refractivity contribution in [1.29, 1.82) is 0 Å². The zero-order valence-corrected chi connectivity index (χ0v) is 13.4. The van der Waals surface area contributed by atoms with Gasteiger partial charge in [0.05, 0.1) is 0 Å². The molecule has 1 aliphatic rings. The van der Waals surface area contributed by atoms with Crippen LogP contribution in [0.1, 0.15) is 16.7 Å². The molecule has 0 unspecified atom stereocenters. The van der Waals surface area contributed by atoms with E-state index in [9.17, 15) is 0 Å². The van der Waals surface area contributed by atoms with E-state index in [0.717, 1.165) is 6.42 Å². The molecule has 85 valence electrons. The summed E-state index contributed by atoms with van der Waals surface area (Å²) in [7, 11) is 0. The molecule has 2 aromatic rings. The molecule has 0 bridgehead atoms. The van der Waals surface area contributed by atoms with E-state index in [1.165, 1.54) is 27.8 Å². The first kappa shape index (κ1) is 16.9. The number of aryl methyl sites for hydroxylation is 1. The van der Waals surface area contributed by atoms with Crippen LogP contribution in [0, 0.1) is 13.0 Å². The minimum Gasteiger partial charge on any atom is -1.00 e. The summed E-state index contributed by atoms with van der Waals surface area (Å²) in [6.45, 7) is 2.19. The van der Waals surface area contributed by atoms with Crippen molar-refractivity contribution < 1.29 is 51.0 Å². The molecule has 0 nitrogen and oxygen atoms in total. The Morgan fingerprint density at radius 3 is 2.47 bits per heavy atom. The molecule has 2 aromatic carbocycles. The molecule has 1 aliphatic carbocycles. The van der Waals surface area contributed by atoms with Crippen molar-refractivity contribution >= 4 is 0 Å². The third-order valence-electron chi connectivity index (χ3n) is 3.00. The zero-order chi connectivity index (χ0) is 9.54. The van der Waals surface area contributed by atoms with Crippen LogP contribution in [0.2, 0.25) is 0 Å². The Morgan fingerprint density at radius 1 is 1.00 bits per heavy atom. The van der Waals surface area contributed by atoms with Crippen molar-refractivity contribution in [2.45, 2.75) is 13.3 Å². The molecule has 17 heavy (non-hydrogen) atoms. The van der Waals surface area contributed by atoms with Gasteiger partial charge < -0.3 is 24.8 Å². The van der Waals surface area contributed by atoms with Crippen molar-refractivity contribution in [1.82, 2.24) is 0 Å². The number of fused-ring (bicyclic) bond motifs is 3. The first-order valence-corrected chi connectivity index (χ1v) is 4.95. The van der Waals surface area contributed by atoms with Crippen molar-refractivity contribution in [2.75, 3.05) is 0 Å². The maximum absolute atomic E-state index is 3.32. The van der Waals surface area contributed by atoms with Crippen LogP contribution in [0.4, 0.5) is 0 Å². The van der Waals surface area contributed by atoms with Gasteiger partial charge in [0.25, 0.3) is 0 Å². The van der Waals surface area contributed by atoms with Crippen molar-refractivity contribution in [3.05, 3.63) is 59.2 Å². The summed E-state index contributed by atoms with van der Waals surface area (Å²) >= 11 is 0. The molecule has 0 spiro atoms. The van der Waals surface area contributed by atoms with Crippen molar-refractivity contribution in [2.24, 2.45) is 0 Å². The molecule has 3 heteroatoms. The van der Waals surface area contributed by atoms with E-state index < -0.39 is 0 Å². The van der Waals surface area contributed by atoms with Crippen LogP contribution < -0.4 is 24.8 Å². The van der Waals surface area contributed by atoms with Crippen LogP contribution >= 0.6 is 0 Å². The first-order chi connectivity index (χ1) is 6.86. The van der Waals surface area contributed by atoms with E-state index in [1.807, 2.05) is 6.07 Å². The van der Waals surface area contributed by atoms with E-state index in [0.29, 0.717) is 0 Å². The fraction of sp³-hybridized carbons (Fsp3) is 0.143. The molecule has 3 rings (SSSR count). The molecule has 0 heterocycles. The van der Waals surface area contributed by atoms with E-state index >= 15 is 0 Å². The van der Waals surface area contributed by atoms with E-state index in [-0.39, 0.29) is 51.0 Å². The molecule has 0 aliphatic heterocycles. The molecule has 0 aromatic heterocycles. The largest absolute Gasteiger partial charge is 3.00 e. The summed E-state index contributed by atoms with van der Waals surface area (Å²) in [5.41, 5.74) is 6.98. The quantitative estimate of drug-likeness (QED) is 0.393. The van der Waals surface area contributed by atoms with Crippen LogP contribution in [-0.4, -0.2) is 0 Å². The third kappa shape index (κ3) is 2.84. The molecular formula is C14H11Cl2Zr. The maximum Gasteiger partial charge on any atom is 3.00 e. The number of halogens is 2. The Hall–Kier alpha value is -0.0969. The van der Waals surface area contributed by atoms with Gasteiger partial charge in [-0.1, -0.05) is 23.8 Å². The number of hydrogen-bond donors (Lipinski definition) is 0. The molecule has 0 amide bonds. The van der Waals surface area contributed by atoms with Gasteiger partial charge in [0.1, 0.15) is 0 Å². The summed E-state index contributed by atoms with van der Waals surface area (Å²) in [5, 5.41) is 0. The average Bonchev–Trinajstić information content (AvgIpc) is 2.59. The minimum atomic E-state index is 0. The van der Waals surface area contributed by atoms with E-state index in [1.54, 1.807) is 0 Å². The van der Waals surface area contributed by atoms with Crippen molar-refractivity contribution in [3.8, 4) is 11.1 Å². The summed E-state index contributed by atoms with van der Waals surface area (Å²) < 4.78 is 0. The molecule has 0 fully saturated rings. The van der Waals surface area contributed by atoms with Gasteiger partial charge in [0.2, 0.25) is 0 Å². The van der Waals surface area contributed by atoms with Crippen LogP contribution in [-0.2, 0) is 32.6 Å². The van der Waals surface area contributed by atoms with Crippen LogP contribution in [0.15, 0.2) is 36.4 Å². The molecule has 1 radical (unpaired) electrons. The van der Waals surface area contributed by atoms with Gasteiger partial charge in [-0.15, -0.1) is 5.56 Å². The molecular weight excluding hydrogens is 330 g/mol. The summed E-state index contributed by atoms with van der Waals surface area (Å²) in [6, 6.07) is 16.1. The van der Waals surface area contributed by atoms with Gasteiger partial charge in [0, 0.05) is 0 Å². The standard InChI is InChI=1S/C14H11.2ClH.Zr/c1-10-5-4-8-13-12-7-3-2-6-11(12)9-14(10)13;;;/h2-5,7-8H,9H2,1H3;2*1H;/q-1;;;+3/p-2. The second-order valence-corrected chi connectivity index (χ2v) is 3.84.